The minimum Gasteiger partial charge on any atom is -0.373 e. The van der Waals surface area contributed by atoms with Crippen LogP contribution in [0.4, 0.5) is 0 Å². The fourth-order valence-electron chi connectivity index (χ4n) is 3.67. The van der Waals surface area contributed by atoms with Gasteiger partial charge in [-0.2, -0.15) is 0 Å². The van der Waals surface area contributed by atoms with E-state index < -0.39 is 0 Å². The van der Waals surface area contributed by atoms with E-state index in [-0.39, 0.29) is 5.60 Å². The summed E-state index contributed by atoms with van der Waals surface area (Å²) >= 11 is 0. The average Bonchev–Trinajstić information content (AvgIpc) is 2.78. The van der Waals surface area contributed by atoms with Crippen LogP contribution in [0.15, 0.2) is 30.3 Å². The molecule has 1 spiro atoms. The summed E-state index contributed by atoms with van der Waals surface area (Å²) in [6.07, 6.45) is 4.97. The number of piperidine rings is 1. The molecule has 0 unspecified atom stereocenters. The second kappa shape index (κ2) is 5.64. The van der Waals surface area contributed by atoms with Crippen molar-refractivity contribution in [1.82, 2.24) is 4.90 Å². The molecule has 0 saturated carbocycles. The van der Waals surface area contributed by atoms with Gasteiger partial charge in [0, 0.05) is 13.1 Å². The molecule has 2 nitrogen and oxygen atoms in total. The molecule has 1 aromatic rings. The summed E-state index contributed by atoms with van der Waals surface area (Å²) in [7, 11) is 0. The minimum absolute atomic E-state index is 0.189. The Balaban J connectivity index is 1.54. The topological polar surface area (TPSA) is 12.5 Å². The van der Waals surface area contributed by atoms with E-state index in [1.807, 2.05) is 0 Å². The Kier molecular flexibility index (Phi) is 3.90. The Morgan fingerprint density at radius 3 is 2.89 bits per heavy atom. The highest BCUT2D eigenvalue weighted by atomic mass is 16.5. The van der Waals surface area contributed by atoms with Gasteiger partial charge in [-0.3, -0.25) is 0 Å². The third-order valence-electron chi connectivity index (χ3n) is 4.57. The van der Waals surface area contributed by atoms with Crippen LogP contribution in [0.3, 0.4) is 0 Å². The first kappa shape index (κ1) is 13.1. The van der Waals surface area contributed by atoms with Gasteiger partial charge in [0.15, 0.2) is 0 Å². The van der Waals surface area contributed by atoms with Crippen molar-refractivity contribution < 1.29 is 4.74 Å². The van der Waals surface area contributed by atoms with Gasteiger partial charge in [0.25, 0.3) is 0 Å². The molecule has 0 N–H and O–H groups in total. The third kappa shape index (κ3) is 3.18. The van der Waals surface area contributed by atoms with E-state index in [4.69, 9.17) is 4.74 Å². The Hall–Kier alpha value is -0.860. The Labute approximate surface area is 116 Å². The zero-order valence-electron chi connectivity index (χ0n) is 12.0. The first-order valence-corrected chi connectivity index (χ1v) is 7.66. The molecular weight excluding hydrogens is 234 g/mol. The number of nitrogens with zero attached hydrogens (tertiary/aromatic N) is 1. The Morgan fingerprint density at radius 2 is 2.16 bits per heavy atom. The maximum absolute atomic E-state index is 6.13. The van der Waals surface area contributed by atoms with Crippen molar-refractivity contribution in [3.05, 3.63) is 35.9 Å². The molecule has 19 heavy (non-hydrogen) atoms. The van der Waals surface area contributed by atoms with Crippen LogP contribution < -0.4 is 0 Å². The van der Waals surface area contributed by atoms with E-state index in [0.29, 0.717) is 0 Å². The SMILES string of the molecule is C[C@@H]1CO[C@]2(CCCN(CCc3ccccc3)C2)C1. The number of likely N-dealkylation sites (tertiary alicyclic amines) is 1. The van der Waals surface area contributed by atoms with Gasteiger partial charge in [-0.1, -0.05) is 37.3 Å². The first-order chi connectivity index (χ1) is 9.26. The lowest BCUT2D eigenvalue weighted by Crippen LogP contribution is -2.48. The van der Waals surface area contributed by atoms with Gasteiger partial charge in [0.1, 0.15) is 0 Å². The van der Waals surface area contributed by atoms with Crippen LogP contribution in [-0.2, 0) is 11.2 Å². The molecule has 2 saturated heterocycles. The van der Waals surface area contributed by atoms with E-state index >= 15 is 0 Å². The molecule has 0 aromatic heterocycles. The molecule has 2 fully saturated rings. The molecule has 2 heterocycles. The summed E-state index contributed by atoms with van der Waals surface area (Å²) in [4.78, 5) is 2.61. The van der Waals surface area contributed by atoms with Gasteiger partial charge in [0.2, 0.25) is 0 Å². The zero-order chi connectivity index (χ0) is 13.1. The van der Waals surface area contributed by atoms with E-state index in [0.717, 1.165) is 25.5 Å². The molecule has 0 bridgehead atoms. The predicted molar refractivity (Wildman–Crippen MR) is 78.3 cm³/mol. The molecule has 3 rings (SSSR count). The maximum atomic E-state index is 6.13. The molecule has 1 aromatic carbocycles. The van der Waals surface area contributed by atoms with Gasteiger partial charge >= 0.3 is 0 Å². The minimum atomic E-state index is 0.189. The second-order valence-corrected chi connectivity index (χ2v) is 6.42. The lowest BCUT2D eigenvalue weighted by Gasteiger charge is -2.39. The third-order valence-corrected chi connectivity index (χ3v) is 4.57. The second-order valence-electron chi connectivity index (χ2n) is 6.42. The van der Waals surface area contributed by atoms with Crippen LogP contribution in [-0.4, -0.2) is 36.7 Å². The van der Waals surface area contributed by atoms with Crippen molar-refractivity contribution in [3.8, 4) is 0 Å². The molecule has 2 atom stereocenters. The zero-order valence-corrected chi connectivity index (χ0v) is 12.0. The lowest BCUT2D eigenvalue weighted by molar-refractivity contribution is -0.0511. The molecule has 0 radical (unpaired) electrons. The average molecular weight is 259 g/mol. The van der Waals surface area contributed by atoms with E-state index in [1.54, 1.807) is 0 Å². The highest BCUT2D eigenvalue weighted by Crippen LogP contribution is 2.37. The van der Waals surface area contributed by atoms with E-state index in [2.05, 4.69) is 42.2 Å². The maximum Gasteiger partial charge on any atom is 0.0812 e. The van der Waals surface area contributed by atoms with Crippen molar-refractivity contribution in [2.24, 2.45) is 5.92 Å². The van der Waals surface area contributed by atoms with Crippen LogP contribution in [0, 0.1) is 5.92 Å². The van der Waals surface area contributed by atoms with Gasteiger partial charge in [-0.15, -0.1) is 0 Å². The fraction of sp³-hybridized carbons (Fsp3) is 0.647. The van der Waals surface area contributed by atoms with Crippen LogP contribution in [0.5, 0.6) is 0 Å². The van der Waals surface area contributed by atoms with Crippen molar-refractivity contribution in [1.29, 1.82) is 0 Å². The number of benzene rings is 1. The highest BCUT2D eigenvalue weighted by Gasteiger charge is 2.41. The number of hydrogen-bond acceptors (Lipinski definition) is 2. The van der Waals surface area contributed by atoms with E-state index in [1.165, 1.54) is 37.9 Å². The fourth-order valence-corrected chi connectivity index (χ4v) is 3.67. The molecular formula is C17H25NO. The van der Waals surface area contributed by atoms with Gasteiger partial charge in [-0.05, 0) is 43.7 Å². The largest absolute Gasteiger partial charge is 0.373 e. The molecule has 2 aliphatic heterocycles. The van der Waals surface area contributed by atoms with Gasteiger partial charge in [-0.25, -0.2) is 0 Å². The van der Waals surface area contributed by atoms with Crippen molar-refractivity contribution in [2.45, 2.75) is 38.2 Å². The number of rotatable bonds is 3. The Bertz CT molecular complexity index is 401. The summed E-state index contributed by atoms with van der Waals surface area (Å²) in [5.41, 5.74) is 1.64. The predicted octanol–water partition coefficient (Wildman–Crippen LogP) is 3.12. The smallest absolute Gasteiger partial charge is 0.0812 e. The molecule has 2 heteroatoms. The van der Waals surface area contributed by atoms with Crippen LogP contribution >= 0.6 is 0 Å². The summed E-state index contributed by atoms with van der Waals surface area (Å²) in [5, 5.41) is 0. The van der Waals surface area contributed by atoms with Crippen LogP contribution in [0.2, 0.25) is 0 Å². The van der Waals surface area contributed by atoms with Crippen molar-refractivity contribution >= 4 is 0 Å². The standard InChI is InChI=1S/C17H25NO/c1-15-12-17(19-13-15)9-5-10-18(14-17)11-8-16-6-3-2-4-7-16/h2-4,6-7,15H,5,8-14H2,1H3/t15-,17+/m0/s1. The molecule has 104 valence electrons. The normalized spacial score (nSPS) is 31.9. The monoisotopic (exact) mass is 259 g/mol. The molecule has 0 aliphatic carbocycles. The van der Waals surface area contributed by atoms with Crippen molar-refractivity contribution in [3.63, 3.8) is 0 Å². The van der Waals surface area contributed by atoms with E-state index in [9.17, 15) is 0 Å². The van der Waals surface area contributed by atoms with Gasteiger partial charge < -0.3 is 9.64 Å². The summed E-state index contributed by atoms with van der Waals surface area (Å²) in [6.45, 7) is 6.84. The molecule has 0 amide bonds. The van der Waals surface area contributed by atoms with Gasteiger partial charge in [0.05, 0.1) is 12.2 Å². The molecule has 2 aliphatic rings. The number of ether oxygens (including phenoxy) is 1. The van der Waals surface area contributed by atoms with Crippen LogP contribution in [0.1, 0.15) is 31.7 Å². The summed E-state index contributed by atoms with van der Waals surface area (Å²) in [6, 6.07) is 10.8. The van der Waals surface area contributed by atoms with Crippen LogP contribution in [0.25, 0.3) is 0 Å². The summed E-state index contributed by atoms with van der Waals surface area (Å²) in [5.74, 6) is 0.745. The highest BCUT2D eigenvalue weighted by molar-refractivity contribution is 5.15. The van der Waals surface area contributed by atoms with Crippen molar-refractivity contribution in [2.75, 3.05) is 26.2 Å². The number of hydrogen-bond donors (Lipinski definition) is 0. The lowest BCUT2D eigenvalue weighted by atomic mass is 9.87. The quantitative estimate of drug-likeness (QED) is 0.827. The summed E-state index contributed by atoms with van der Waals surface area (Å²) < 4.78 is 6.13. The Morgan fingerprint density at radius 1 is 1.32 bits per heavy atom. The first-order valence-electron chi connectivity index (χ1n) is 7.66.